The maximum Gasteiger partial charge on any atom is 0.220 e. The van der Waals surface area contributed by atoms with Crippen molar-refractivity contribution in [3.05, 3.63) is 0 Å². The third-order valence-electron chi connectivity index (χ3n) is 5.95. The summed E-state index contributed by atoms with van der Waals surface area (Å²) in [5.74, 6) is 1.85. The summed E-state index contributed by atoms with van der Waals surface area (Å²) >= 11 is 0. The molecule has 3 nitrogen and oxygen atoms in total. The molecule has 4 aliphatic carbocycles. The fourth-order valence-corrected chi connectivity index (χ4v) is 5.60. The molecule has 3 heteroatoms. The van der Waals surface area contributed by atoms with E-state index in [1.807, 2.05) is 0 Å². The lowest BCUT2D eigenvalue weighted by atomic mass is 9.45. The summed E-state index contributed by atoms with van der Waals surface area (Å²) in [5, 5.41) is 3.41. The van der Waals surface area contributed by atoms with E-state index in [1.54, 1.807) is 0 Å². The number of hydrogen-bond acceptors (Lipinski definition) is 2. The average molecular weight is 264 g/mol. The molecule has 3 N–H and O–H groups in total. The molecule has 0 aliphatic heterocycles. The Balaban J connectivity index is 1.81. The Hall–Kier alpha value is -0.570. The first-order valence-corrected chi connectivity index (χ1v) is 8.03. The van der Waals surface area contributed by atoms with E-state index in [0.717, 1.165) is 24.7 Å². The molecule has 108 valence electrons. The first-order chi connectivity index (χ1) is 8.97. The minimum atomic E-state index is 0.0873. The second-order valence-corrected chi connectivity index (χ2v) is 7.69. The van der Waals surface area contributed by atoms with Gasteiger partial charge in [0.15, 0.2) is 0 Å². The van der Waals surface area contributed by atoms with E-state index in [2.05, 4.69) is 19.2 Å². The fraction of sp³-hybridized carbons (Fsp3) is 0.938. The van der Waals surface area contributed by atoms with E-state index in [4.69, 9.17) is 5.73 Å². The summed E-state index contributed by atoms with van der Waals surface area (Å²) in [7, 11) is 0. The van der Waals surface area contributed by atoms with E-state index >= 15 is 0 Å². The number of carbonyl (C=O) groups excluding carboxylic acids is 1. The van der Waals surface area contributed by atoms with Gasteiger partial charge in [0, 0.05) is 18.0 Å². The van der Waals surface area contributed by atoms with Crippen LogP contribution >= 0.6 is 0 Å². The molecular formula is C16H28N2O. The van der Waals surface area contributed by atoms with Gasteiger partial charge in [-0.25, -0.2) is 0 Å². The zero-order valence-corrected chi connectivity index (χ0v) is 12.4. The van der Waals surface area contributed by atoms with Gasteiger partial charge in [0.2, 0.25) is 5.91 Å². The summed E-state index contributed by atoms with van der Waals surface area (Å²) < 4.78 is 0. The number of rotatable bonds is 4. The molecule has 0 aromatic heterocycles. The topological polar surface area (TPSA) is 55.1 Å². The Labute approximate surface area is 116 Å². The van der Waals surface area contributed by atoms with Gasteiger partial charge in [0.05, 0.1) is 0 Å². The van der Waals surface area contributed by atoms with Gasteiger partial charge in [-0.05, 0) is 69.1 Å². The van der Waals surface area contributed by atoms with Gasteiger partial charge in [0.1, 0.15) is 0 Å². The van der Waals surface area contributed by atoms with Gasteiger partial charge >= 0.3 is 0 Å². The first kappa shape index (κ1) is 13.4. The minimum Gasteiger partial charge on any atom is -0.351 e. The molecule has 1 amide bonds. The van der Waals surface area contributed by atoms with Crippen LogP contribution in [0.15, 0.2) is 0 Å². The van der Waals surface area contributed by atoms with Crippen LogP contribution in [0.5, 0.6) is 0 Å². The summed E-state index contributed by atoms with van der Waals surface area (Å²) in [6, 6.07) is 0.265. The molecule has 0 heterocycles. The number of carbonyl (C=O) groups is 1. The second-order valence-electron chi connectivity index (χ2n) is 7.69. The van der Waals surface area contributed by atoms with Crippen LogP contribution < -0.4 is 11.1 Å². The van der Waals surface area contributed by atoms with Crippen LogP contribution in [0.2, 0.25) is 0 Å². The van der Waals surface area contributed by atoms with Gasteiger partial charge < -0.3 is 11.1 Å². The maximum absolute atomic E-state index is 12.1. The molecular weight excluding hydrogens is 236 g/mol. The summed E-state index contributed by atoms with van der Waals surface area (Å²) in [6.45, 7) is 4.25. The van der Waals surface area contributed by atoms with E-state index in [1.165, 1.54) is 32.1 Å². The lowest BCUT2D eigenvalue weighted by Gasteiger charge is -2.63. The highest BCUT2D eigenvalue weighted by Crippen LogP contribution is 2.62. The molecule has 0 radical (unpaired) electrons. The lowest BCUT2D eigenvalue weighted by Crippen LogP contribution is -2.66. The Morgan fingerprint density at radius 3 is 2.47 bits per heavy atom. The predicted octanol–water partition coefficient (Wildman–Crippen LogP) is 2.59. The minimum absolute atomic E-state index is 0.0873. The third kappa shape index (κ3) is 2.20. The van der Waals surface area contributed by atoms with E-state index in [0.29, 0.717) is 11.8 Å². The van der Waals surface area contributed by atoms with Crippen LogP contribution in [0.1, 0.15) is 65.2 Å². The van der Waals surface area contributed by atoms with Gasteiger partial charge in [-0.3, -0.25) is 4.79 Å². The van der Waals surface area contributed by atoms with Crippen LogP contribution in [-0.2, 0) is 4.79 Å². The van der Waals surface area contributed by atoms with Gasteiger partial charge in [0.25, 0.3) is 0 Å². The molecule has 4 aliphatic rings. The van der Waals surface area contributed by atoms with Crippen molar-refractivity contribution in [2.75, 3.05) is 0 Å². The molecule has 0 aromatic carbocycles. The highest BCUT2D eigenvalue weighted by Gasteiger charge is 2.59. The third-order valence-corrected chi connectivity index (χ3v) is 5.95. The summed E-state index contributed by atoms with van der Waals surface area (Å²) in [6.07, 6.45) is 9.11. The van der Waals surface area contributed by atoms with Crippen molar-refractivity contribution in [3.63, 3.8) is 0 Å². The summed E-state index contributed by atoms with van der Waals surface area (Å²) in [4.78, 5) is 12.1. The number of hydrogen-bond donors (Lipinski definition) is 2. The molecule has 4 fully saturated rings. The predicted molar refractivity (Wildman–Crippen MR) is 76.5 cm³/mol. The number of nitrogens with one attached hydrogen (secondary N) is 1. The van der Waals surface area contributed by atoms with E-state index in [-0.39, 0.29) is 17.5 Å². The molecule has 3 atom stereocenters. The molecule has 19 heavy (non-hydrogen) atoms. The van der Waals surface area contributed by atoms with Crippen LogP contribution in [-0.4, -0.2) is 17.5 Å². The Morgan fingerprint density at radius 1 is 1.32 bits per heavy atom. The van der Waals surface area contributed by atoms with Crippen LogP contribution in [0.4, 0.5) is 0 Å². The van der Waals surface area contributed by atoms with Crippen molar-refractivity contribution in [3.8, 4) is 0 Å². The second kappa shape index (κ2) is 4.47. The van der Waals surface area contributed by atoms with Gasteiger partial charge in [-0.1, -0.05) is 6.92 Å². The molecule has 4 saturated carbocycles. The van der Waals surface area contributed by atoms with Crippen molar-refractivity contribution >= 4 is 5.91 Å². The van der Waals surface area contributed by atoms with Crippen molar-refractivity contribution in [2.45, 2.75) is 76.8 Å². The first-order valence-electron chi connectivity index (χ1n) is 8.03. The van der Waals surface area contributed by atoms with Gasteiger partial charge in [-0.2, -0.15) is 0 Å². The number of amides is 1. The fourth-order valence-electron chi connectivity index (χ4n) is 5.60. The van der Waals surface area contributed by atoms with Crippen LogP contribution in [0.3, 0.4) is 0 Å². The highest BCUT2D eigenvalue weighted by molar-refractivity contribution is 5.76. The highest BCUT2D eigenvalue weighted by atomic mass is 16.1. The Morgan fingerprint density at radius 2 is 1.95 bits per heavy atom. The zero-order chi connectivity index (χ0) is 13.7. The monoisotopic (exact) mass is 264 g/mol. The quantitative estimate of drug-likeness (QED) is 0.820. The zero-order valence-electron chi connectivity index (χ0n) is 12.4. The molecule has 0 saturated heterocycles. The van der Waals surface area contributed by atoms with Crippen molar-refractivity contribution < 1.29 is 4.79 Å². The van der Waals surface area contributed by atoms with E-state index < -0.39 is 0 Å². The lowest BCUT2D eigenvalue weighted by molar-refractivity contribution is -0.132. The van der Waals surface area contributed by atoms with Gasteiger partial charge in [-0.15, -0.1) is 0 Å². The normalized spacial score (nSPS) is 45.2. The van der Waals surface area contributed by atoms with Crippen molar-refractivity contribution in [2.24, 2.45) is 23.0 Å². The van der Waals surface area contributed by atoms with Crippen molar-refractivity contribution in [1.29, 1.82) is 0 Å². The Kier molecular flexibility index (Phi) is 3.16. The Bertz CT molecular complexity index is 363. The standard InChI is InChI=1S/C16H28N2O/c1-3-4-14(19)18-16-8-12-5-13(9-16)7-15(6-12,10-16)11(2)17/h11-13H,3-10,17H2,1-2H3,(H,18,19). The van der Waals surface area contributed by atoms with E-state index in [9.17, 15) is 4.79 Å². The van der Waals surface area contributed by atoms with Crippen LogP contribution in [0.25, 0.3) is 0 Å². The van der Waals surface area contributed by atoms with Crippen LogP contribution in [0, 0.1) is 17.3 Å². The number of nitrogens with two attached hydrogens (primary N) is 1. The van der Waals surface area contributed by atoms with Crippen molar-refractivity contribution in [1.82, 2.24) is 5.32 Å². The average Bonchev–Trinajstić information content (AvgIpc) is 2.25. The molecule has 0 spiro atoms. The largest absolute Gasteiger partial charge is 0.351 e. The molecule has 4 rings (SSSR count). The molecule has 4 bridgehead atoms. The molecule has 3 unspecified atom stereocenters. The smallest absolute Gasteiger partial charge is 0.220 e. The maximum atomic E-state index is 12.1. The SMILES string of the molecule is CCCC(=O)NC12CC3CC(C1)CC(C(C)N)(C3)C2. The molecule has 0 aromatic rings. The summed E-state index contributed by atoms with van der Waals surface area (Å²) in [5.41, 5.74) is 6.72.